The third-order valence-corrected chi connectivity index (χ3v) is 8.03. The predicted octanol–water partition coefficient (Wildman–Crippen LogP) is 3.00. The van der Waals surface area contributed by atoms with E-state index in [1.807, 2.05) is 0 Å². The lowest BCUT2D eigenvalue weighted by molar-refractivity contribution is -0.118. The fourth-order valence-corrected chi connectivity index (χ4v) is 5.79. The summed E-state index contributed by atoms with van der Waals surface area (Å²) in [7, 11) is -3.74. The Morgan fingerprint density at radius 1 is 1.03 bits per heavy atom. The van der Waals surface area contributed by atoms with Gasteiger partial charge in [0.15, 0.2) is 5.03 Å². The summed E-state index contributed by atoms with van der Waals surface area (Å²) in [6, 6.07) is 6.98. The number of benzene rings is 1. The van der Waals surface area contributed by atoms with E-state index in [9.17, 15) is 22.4 Å². The molecule has 9 nitrogen and oxygen atoms in total. The minimum absolute atomic E-state index is 0.0770. The molecule has 1 aliphatic heterocycles. The van der Waals surface area contributed by atoms with Crippen LogP contribution in [0, 0.1) is 11.7 Å². The smallest absolute Gasteiger partial charge is 0.258 e. The number of halogens is 1. The molecule has 0 bridgehead atoms. The molecule has 0 radical (unpaired) electrons. The van der Waals surface area contributed by atoms with Gasteiger partial charge in [-0.15, -0.1) is 0 Å². The highest BCUT2D eigenvalue weighted by Crippen LogP contribution is 2.22. The van der Waals surface area contributed by atoms with Gasteiger partial charge in [0.25, 0.3) is 15.9 Å². The van der Waals surface area contributed by atoms with Gasteiger partial charge < -0.3 is 15.4 Å². The van der Waals surface area contributed by atoms with Crippen LogP contribution in [0.15, 0.2) is 47.6 Å². The first-order valence-electron chi connectivity index (χ1n) is 12.2. The lowest BCUT2D eigenvalue weighted by Crippen LogP contribution is -2.45. The molecule has 1 aromatic heterocycles. The summed E-state index contributed by atoms with van der Waals surface area (Å²) in [4.78, 5) is 29.9. The predicted molar refractivity (Wildman–Crippen MR) is 131 cm³/mol. The van der Waals surface area contributed by atoms with Crippen LogP contribution < -0.4 is 15.4 Å². The number of nitrogens with one attached hydrogen (secondary N) is 3. The molecule has 0 unspecified atom stereocenters. The maximum Gasteiger partial charge on any atom is 0.258 e. The highest BCUT2D eigenvalue weighted by Gasteiger charge is 2.27. The van der Waals surface area contributed by atoms with Gasteiger partial charge in [0.2, 0.25) is 5.91 Å². The second kappa shape index (κ2) is 11.9. The van der Waals surface area contributed by atoms with Gasteiger partial charge in [-0.25, -0.2) is 22.5 Å². The van der Waals surface area contributed by atoms with Crippen molar-refractivity contribution < 1.29 is 27.1 Å². The number of hydrogen-bond donors (Lipinski definition) is 3. The number of hydrogen-bond acceptors (Lipinski definition) is 6. The molecule has 1 aliphatic carbocycles. The number of carbonyl (C=O) groups excluding carboxylic acids is 2. The standard InChI is InChI=1S/C25H31FN4O5S/c26-19-7-5-18(6-8-19)24(31)29-22(15-17-11-13-35-14-12-17)25(32)28-21-9-10-23(27-16-21)36(33,34)30-20-3-1-2-4-20/h5-10,16-17,20,22,30H,1-4,11-15H2,(H,28,32)(H,29,31)/t22-/m0/s1. The molecule has 1 saturated carbocycles. The molecule has 2 aromatic rings. The van der Waals surface area contributed by atoms with Crippen LogP contribution >= 0.6 is 0 Å². The van der Waals surface area contributed by atoms with Crippen LogP contribution in [-0.2, 0) is 19.6 Å². The number of ether oxygens (including phenoxy) is 1. The Hall–Kier alpha value is -2.89. The number of sulfonamides is 1. The number of rotatable bonds is 9. The molecule has 194 valence electrons. The summed E-state index contributed by atoms with van der Waals surface area (Å²) in [5.41, 5.74) is 0.556. The van der Waals surface area contributed by atoms with Gasteiger partial charge >= 0.3 is 0 Å². The zero-order valence-electron chi connectivity index (χ0n) is 19.9. The molecular formula is C25H31FN4O5S. The molecule has 2 fully saturated rings. The van der Waals surface area contributed by atoms with Crippen molar-refractivity contribution in [1.29, 1.82) is 0 Å². The summed E-state index contributed by atoms with van der Waals surface area (Å²) in [5.74, 6) is -1.20. The van der Waals surface area contributed by atoms with Crippen molar-refractivity contribution in [2.75, 3.05) is 18.5 Å². The van der Waals surface area contributed by atoms with E-state index in [1.54, 1.807) is 0 Å². The number of amides is 2. The second-order valence-electron chi connectivity index (χ2n) is 9.30. The molecule has 2 aliphatic rings. The van der Waals surface area contributed by atoms with E-state index in [0.717, 1.165) is 38.5 Å². The third kappa shape index (κ3) is 7.08. The molecule has 1 saturated heterocycles. The van der Waals surface area contributed by atoms with Crippen LogP contribution in [-0.4, -0.2) is 50.5 Å². The Labute approximate surface area is 210 Å². The summed E-state index contributed by atoms with van der Waals surface area (Å²) in [6.45, 7) is 1.19. The largest absolute Gasteiger partial charge is 0.381 e. The maximum absolute atomic E-state index is 13.2. The molecule has 2 heterocycles. The zero-order chi connectivity index (χ0) is 25.5. The lowest BCUT2D eigenvalue weighted by atomic mass is 9.92. The summed E-state index contributed by atoms with van der Waals surface area (Å²) in [6.07, 6.45) is 6.87. The van der Waals surface area contributed by atoms with Gasteiger partial charge in [0.05, 0.1) is 11.9 Å². The van der Waals surface area contributed by atoms with E-state index in [-0.39, 0.29) is 22.5 Å². The van der Waals surface area contributed by atoms with Crippen molar-refractivity contribution in [2.45, 2.75) is 62.1 Å². The fraction of sp³-hybridized carbons (Fsp3) is 0.480. The van der Waals surface area contributed by atoms with Crippen molar-refractivity contribution >= 4 is 27.5 Å². The number of nitrogens with zero attached hydrogens (tertiary/aromatic N) is 1. The van der Waals surface area contributed by atoms with Crippen LogP contribution in [0.3, 0.4) is 0 Å². The Bertz CT molecular complexity index is 1150. The fourth-order valence-electron chi connectivity index (χ4n) is 4.56. The molecule has 3 N–H and O–H groups in total. The highest BCUT2D eigenvalue weighted by molar-refractivity contribution is 7.89. The minimum Gasteiger partial charge on any atom is -0.381 e. The summed E-state index contributed by atoms with van der Waals surface area (Å²) in [5, 5.41) is 5.37. The Morgan fingerprint density at radius 2 is 1.72 bits per heavy atom. The number of anilines is 1. The topological polar surface area (TPSA) is 126 Å². The van der Waals surface area contributed by atoms with E-state index in [4.69, 9.17) is 4.74 Å². The SMILES string of the molecule is O=C(N[C@@H](CC1CCOCC1)C(=O)Nc1ccc(S(=O)(=O)NC2CCCC2)nc1)c1ccc(F)cc1. The van der Waals surface area contributed by atoms with Gasteiger partial charge in [-0.2, -0.15) is 0 Å². The van der Waals surface area contributed by atoms with Gasteiger partial charge in [-0.3, -0.25) is 9.59 Å². The molecule has 1 aromatic carbocycles. The molecule has 4 rings (SSSR count). The normalized spacial score (nSPS) is 18.0. The number of aromatic nitrogens is 1. The zero-order valence-corrected chi connectivity index (χ0v) is 20.7. The van der Waals surface area contributed by atoms with Gasteiger partial charge in [-0.1, -0.05) is 12.8 Å². The molecule has 2 amide bonds. The van der Waals surface area contributed by atoms with Crippen molar-refractivity contribution in [3.8, 4) is 0 Å². The average molecular weight is 519 g/mol. The minimum atomic E-state index is -3.74. The Kier molecular flexibility index (Phi) is 8.65. The summed E-state index contributed by atoms with van der Waals surface area (Å²) >= 11 is 0. The van der Waals surface area contributed by atoms with Gasteiger partial charge in [0, 0.05) is 24.8 Å². The van der Waals surface area contributed by atoms with Gasteiger partial charge in [-0.05, 0) is 74.4 Å². The van der Waals surface area contributed by atoms with E-state index in [0.29, 0.717) is 25.3 Å². The van der Waals surface area contributed by atoms with Crippen molar-refractivity contribution in [3.05, 3.63) is 54.0 Å². The second-order valence-corrected chi connectivity index (χ2v) is 11.0. The van der Waals surface area contributed by atoms with Crippen molar-refractivity contribution in [3.63, 3.8) is 0 Å². The molecular weight excluding hydrogens is 487 g/mol. The number of pyridine rings is 1. The Morgan fingerprint density at radius 3 is 2.36 bits per heavy atom. The molecule has 1 atom stereocenters. The maximum atomic E-state index is 13.2. The van der Waals surface area contributed by atoms with Crippen LogP contribution in [0.4, 0.5) is 10.1 Å². The molecule has 11 heteroatoms. The first-order valence-corrected chi connectivity index (χ1v) is 13.7. The molecule has 36 heavy (non-hydrogen) atoms. The highest BCUT2D eigenvalue weighted by atomic mass is 32.2. The van der Waals surface area contributed by atoms with E-state index >= 15 is 0 Å². The average Bonchev–Trinajstić information content (AvgIpc) is 3.37. The van der Waals surface area contributed by atoms with Crippen molar-refractivity contribution in [1.82, 2.24) is 15.0 Å². The third-order valence-electron chi connectivity index (χ3n) is 6.59. The number of carbonyl (C=O) groups is 2. The summed E-state index contributed by atoms with van der Waals surface area (Å²) < 4.78 is 46.5. The first-order chi connectivity index (χ1) is 17.3. The molecule has 0 spiro atoms. The van der Waals surface area contributed by atoms with E-state index in [2.05, 4.69) is 20.3 Å². The van der Waals surface area contributed by atoms with Crippen LogP contribution in [0.2, 0.25) is 0 Å². The van der Waals surface area contributed by atoms with E-state index < -0.39 is 33.7 Å². The quantitative estimate of drug-likeness (QED) is 0.469. The van der Waals surface area contributed by atoms with Crippen LogP contribution in [0.25, 0.3) is 0 Å². The van der Waals surface area contributed by atoms with Gasteiger partial charge in [0.1, 0.15) is 11.9 Å². The monoisotopic (exact) mass is 518 g/mol. The first kappa shape index (κ1) is 26.2. The van der Waals surface area contributed by atoms with Crippen LogP contribution in [0.5, 0.6) is 0 Å². The lowest BCUT2D eigenvalue weighted by Gasteiger charge is -2.26. The van der Waals surface area contributed by atoms with Crippen LogP contribution in [0.1, 0.15) is 55.3 Å². The Balaban J connectivity index is 1.43. The van der Waals surface area contributed by atoms with E-state index in [1.165, 1.54) is 42.6 Å². The van der Waals surface area contributed by atoms with Crippen molar-refractivity contribution in [2.24, 2.45) is 5.92 Å².